The van der Waals surface area contributed by atoms with E-state index in [0.717, 1.165) is 0 Å². The summed E-state index contributed by atoms with van der Waals surface area (Å²) in [5.74, 6) is -0.774. The number of nitrogens with zero attached hydrogens (tertiary/aromatic N) is 3. The van der Waals surface area contributed by atoms with Gasteiger partial charge in [0.15, 0.2) is 0 Å². The number of hydrogen-bond donors (Lipinski definition) is 1. The third kappa shape index (κ3) is 3.92. The monoisotopic (exact) mass is 290 g/mol. The van der Waals surface area contributed by atoms with Crippen molar-refractivity contribution in [1.29, 1.82) is 5.26 Å². The molecule has 21 heavy (non-hydrogen) atoms. The van der Waals surface area contributed by atoms with Crippen LogP contribution >= 0.6 is 0 Å². The fraction of sp³-hybridized carbons (Fsp3) is 0.429. The number of amides is 1. The fourth-order valence-electron chi connectivity index (χ4n) is 1.92. The molecule has 0 aliphatic rings. The lowest BCUT2D eigenvalue weighted by atomic mass is 10.1. The number of benzene rings is 1. The third-order valence-electron chi connectivity index (χ3n) is 3.10. The first-order valence-electron chi connectivity index (χ1n) is 6.59. The summed E-state index contributed by atoms with van der Waals surface area (Å²) in [7, 11) is 1.67. The van der Waals surface area contributed by atoms with Crippen molar-refractivity contribution < 1.29 is 9.72 Å². The van der Waals surface area contributed by atoms with Crippen LogP contribution in [0.1, 0.15) is 24.2 Å². The maximum atomic E-state index is 12.5. The molecule has 0 heterocycles. The summed E-state index contributed by atoms with van der Waals surface area (Å²) in [6.07, 6.45) is 0. The summed E-state index contributed by atoms with van der Waals surface area (Å²) in [5, 5.41) is 22.8. The number of nitrogens with one attached hydrogen (secondary N) is 1. The van der Waals surface area contributed by atoms with E-state index in [1.807, 2.05) is 0 Å². The van der Waals surface area contributed by atoms with Crippen LogP contribution in [-0.2, 0) is 0 Å². The highest BCUT2D eigenvalue weighted by atomic mass is 16.6. The number of nitriles is 1. The molecule has 0 bridgehead atoms. The molecule has 0 aliphatic heterocycles. The van der Waals surface area contributed by atoms with Crippen LogP contribution in [0.25, 0.3) is 0 Å². The van der Waals surface area contributed by atoms with Crippen LogP contribution in [0.15, 0.2) is 18.2 Å². The van der Waals surface area contributed by atoms with Crippen LogP contribution in [0.4, 0.5) is 11.4 Å². The van der Waals surface area contributed by atoms with Gasteiger partial charge in [0.05, 0.1) is 16.9 Å². The van der Waals surface area contributed by atoms with E-state index in [0.29, 0.717) is 12.2 Å². The molecule has 0 radical (unpaired) electrons. The SMILES string of the molecule is CCN(CC(C)C#N)C(=O)c1cc(NC)ccc1[N+](=O)[O-]. The van der Waals surface area contributed by atoms with Crippen LogP contribution < -0.4 is 5.32 Å². The lowest BCUT2D eigenvalue weighted by molar-refractivity contribution is -0.385. The van der Waals surface area contributed by atoms with Crippen molar-refractivity contribution in [3.05, 3.63) is 33.9 Å². The van der Waals surface area contributed by atoms with Gasteiger partial charge >= 0.3 is 0 Å². The Kier molecular flexibility index (Phi) is 5.67. The molecule has 7 heteroatoms. The predicted molar refractivity (Wildman–Crippen MR) is 79.0 cm³/mol. The molecular weight excluding hydrogens is 272 g/mol. The molecule has 0 spiro atoms. The summed E-state index contributed by atoms with van der Waals surface area (Å²) in [4.78, 5) is 24.4. The van der Waals surface area contributed by atoms with Crippen molar-refractivity contribution in [3.8, 4) is 6.07 Å². The quantitative estimate of drug-likeness (QED) is 0.640. The Balaban J connectivity index is 3.20. The Labute approximate surface area is 123 Å². The number of carbonyl (C=O) groups is 1. The first-order valence-corrected chi connectivity index (χ1v) is 6.59. The lowest BCUT2D eigenvalue weighted by Crippen LogP contribution is -2.34. The van der Waals surface area contributed by atoms with Gasteiger partial charge in [-0.3, -0.25) is 14.9 Å². The summed E-state index contributed by atoms with van der Waals surface area (Å²) < 4.78 is 0. The van der Waals surface area contributed by atoms with Gasteiger partial charge in [-0.1, -0.05) is 0 Å². The average molecular weight is 290 g/mol. The summed E-state index contributed by atoms with van der Waals surface area (Å²) in [6, 6.07) is 6.37. The Morgan fingerprint density at radius 3 is 2.71 bits per heavy atom. The smallest absolute Gasteiger partial charge is 0.282 e. The van der Waals surface area contributed by atoms with Crippen LogP contribution in [0, 0.1) is 27.4 Å². The number of carbonyl (C=O) groups excluding carboxylic acids is 1. The molecule has 0 aromatic heterocycles. The second-order valence-corrected chi connectivity index (χ2v) is 4.61. The second-order valence-electron chi connectivity index (χ2n) is 4.61. The summed E-state index contributed by atoms with van der Waals surface area (Å²) in [6.45, 7) is 4.10. The molecule has 0 aliphatic carbocycles. The Morgan fingerprint density at radius 2 is 2.24 bits per heavy atom. The zero-order valence-electron chi connectivity index (χ0n) is 12.3. The summed E-state index contributed by atoms with van der Waals surface area (Å²) >= 11 is 0. The highest BCUT2D eigenvalue weighted by Gasteiger charge is 2.25. The van der Waals surface area contributed by atoms with Crippen LogP contribution in [0.3, 0.4) is 0 Å². The van der Waals surface area contributed by atoms with E-state index < -0.39 is 10.8 Å². The Morgan fingerprint density at radius 1 is 1.57 bits per heavy atom. The molecule has 0 saturated carbocycles. The van der Waals surface area contributed by atoms with E-state index in [9.17, 15) is 14.9 Å². The van der Waals surface area contributed by atoms with Gasteiger partial charge < -0.3 is 10.2 Å². The summed E-state index contributed by atoms with van der Waals surface area (Å²) in [5.41, 5.74) is 0.411. The average Bonchev–Trinajstić information content (AvgIpc) is 2.50. The van der Waals surface area contributed by atoms with Gasteiger partial charge in [0, 0.05) is 31.9 Å². The Hall–Kier alpha value is -2.62. The number of nitro groups is 1. The molecule has 0 saturated heterocycles. The number of rotatable bonds is 6. The van der Waals surface area contributed by atoms with Gasteiger partial charge in [0.25, 0.3) is 11.6 Å². The predicted octanol–water partition coefficient (Wildman–Crippen LogP) is 2.26. The van der Waals surface area contributed by atoms with E-state index in [1.165, 1.54) is 17.0 Å². The van der Waals surface area contributed by atoms with Crippen molar-refractivity contribution in [3.63, 3.8) is 0 Å². The second kappa shape index (κ2) is 7.24. The van der Waals surface area contributed by atoms with Gasteiger partial charge in [-0.15, -0.1) is 0 Å². The molecule has 112 valence electrons. The molecule has 1 N–H and O–H groups in total. The molecule has 1 unspecified atom stereocenters. The molecule has 1 atom stereocenters. The molecule has 1 aromatic carbocycles. The lowest BCUT2D eigenvalue weighted by Gasteiger charge is -2.22. The molecule has 1 aromatic rings. The minimum absolute atomic E-state index is 0.0267. The van der Waals surface area contributed by atoms with E-state index in [1.54, 1.807) is 27.0 Å². The van der Waals surface area contributed by atoms with Crippen molar-refractivity contribution in [2.45, 2.75) is 13.8 Å². The topological polar surface area (TPSA) is 99.3 Å². The largest absolute Gasteiger partial charge is 0.388 e. The Bertz CT molecular complexity index is 580. The van der Waals surface area contributed by atoms with Gasteiger partial charge in [0.1, 0.15) is 5.56 Å². The minimum atomic E-state index is -0.575. The molecule has 7 nitrogen and oxygen atoms in total. The van der Waals surface area contributed by atoms with Crippen molar-refractivity contribution in [1.82, 2.24) is 4.90 Å². The standard InChI is InChI=1S/C14H18N4O3/c1-4-17(9-10(2)8-15)14(19)12-7-11(16-3)5-6-13(12)18(20)21/h5-7,10,16H,4,9H2,1-3H3. The zero-order chi connectivity index (χ0) is 16.0. The molecular formula is C14H18N4O3. The van der Waals surface area contributed by atoms with Gasteiger partial charge in [-0.2, -0.15) is 5.26 Å². The van der Waals surface area contributed by atoms with Crippen molar-refractivity contribution in [2.75, 3.05) is 25.5 Å². The highest BCUT2D eigenvalue weighted by molar-refractivity contribution is 5.99. The molecule has 0 fully saturated rings. The van der Waals surface area contributed by atoms with E-state index in [-0.39, 0.29) is 23.7 Å². The van der Waals surface area contributed by atoms with Crippen LogP contribution in [0.5, 0.6) is 0 Å². The number of nitro benzene ring substituents is 1. The van der Waals surface area contributed by atoms with E-state index in [4.69, 9.17) is 5.26 Å². The van der Waals surface area contributed by atoms with Gasteiger partial charge in [-0.05, 0) is 26.0 Å². The normalized spacial score (nSPS) is 11.3. The highest BCUT2D eigenvalue weighted by Crippen LogP contribution is 2.24. The zero-order valence-corrected chi connectivity index (χ0v) is 12.3. The maximum absolute atomic E-state index is 12.5. The van der Waals surface area contributed by atoms with Gasteiger partial charge in [-0.25, -0.2) is 0 Å². The van der Waals surface area contributed by atoms with E-state index in [2.05, 4.69) is 11.4 Å². The van der Waals surface area contributed by atoms with Crippen molar-refractivity contribution >= 4 is 17.3 Å². The van der Waals surface area contributed by atoms with E-state index >= 15 is 0 Å². The molecule has 1 amide bonds. The first kappa shape index (κ1) is 16.4. The molecule has 1 rings (SSSR count). The number of anilines is 1. The van der Waals surface area contributed by atoms with Crippen LogP contribution in [0.2, 0.25) is 0 Å². The number of hydrogen-bond acceptors (Lipinski definition) is 5. The van der Waals surface area contributed by atoms with Crippen molar-refractivity contribution in [2.24, 2.45) is 5.92 Å². The maximum Gasteiger partial charge on any atom is 0.282 e. The first-order chi connectivity index (χ1) is 9.94. The minimum Gasteiger partial charge on any atom is -0.388 e. The van der Waals surface area contributed by atoms with Gasteiger partial charge in [0.2, 0.25) is 0 Å². The van der Waals surface area contributed by atoms with Crippen LogP contribution in [-0.4, -0.2) is 35.9 Å². The fourth-order valence-corrected chi connectivity index (χ4v) is 1.92. The third-order valence-corrected chi connectivity index (χ3v) is 3.10.